The van der Waals surface area contributed by atoms with Gasteiger partial charge in [-0.25, -0.2) is 9.97 Å². The van der Waals surface area contributed by atoms with Crippen LogP contribution < -0.4 is 26.6 Å². The molecule has 0 spiro atoms. The molecule has 656 valence electrons. The van der Waals surface area contributed by atoms with Gasteiger partial charge in [-0.05, 0) is 117 Å². The summed E-state index contributed by atoms with van der Waals surface area (Å²) in [4.78, 5) is 16.5. The molecule has 0 atom stereocenters. The smallest absolute Gasteiger partial charge is 0.763 e. The molecule has 0 saturated heterocycles. The summed E-state index contributed by atoms with van der Waals surface area (Å²) in [7, 11) is 1.88. The van der Waals surface area contributed by atoms with Gasteiger partial charge >= 0.3 is 68.3 Å². The van der Waals surface area contributed by atoms with Gasteiger partial charge in [0, 0.05) is 133 Å². The average Bonchev–Trinajstić information content (AvgIpc) is 0.790. The molecule has 4 radical (unpaired) electrons. The first kappa shape index (κ1) is 109. The maximum Gasteiger partial charge on any atom is 2.00 e. The SMILES string of the molecule is CCCC([S-])=NN=C(C(=NN=C([S-])NCC)c1ncccn1)c1ccccc1.CCN(C)C([S-])=NN=C(C(=NN=C([S-])N(CC)CC)c1ccccc1)c1ccccc1.CCNC([S-])=NN=C(C(=NN=C([S-])NCC)c1cccc2ccccc12)c1ccccc1.CCNC([S-])=NN=C(C(=NN=C([S-])NCC)c1ccncc1)c1ccccc1.[Cu+2].[Cu+2].[Cu+2].[Cu+2]. The molecule has 0 aliphatic carbocycles. The second-order valence-electron chi connectivity index (χ2n) is 24.1. The molecular weight excluding hydrogens is 1900 g/mol. The van der Waals surface area contributed by atoms with Crippen molar-refractivity contribution in [2.45, 2.75) is 75.2 Å². The van der Waals surface area contributed by atoms with Gasteiger partial charge in [0.25, 0.3) is 0 Å². The molecule has 123 heavy (non-hydrogen) atoms. The summed E-state index contributed by atoms with van der Waals surface area (Å²) in [6.45, 7) is 23.4. The molecule has 0 unspecified atom stereocenters. The number of pyridine rings is 1. The van der Waals surface area contributed by atoms with E-state index < -0.39 is 0 Å². The van der Waals surface area contributed by atoms with Gasteiger partial charge in [0.2, 0.25) is 0 Å². The van der Waals surface area contributed by atoms with Crippen molar-refractivity contribution >= 4 is 199 Å². The number of nitrogens with one attached hydrogen (secondary N) is 5. The third kappa shape index (κ3) is 38.9. The number of hydrogen-bond acceptors (Lipinski definition) is 27. The molecule has 9 aromatic rings. The first-order valence-corrected chi connectivity index (χ1v) is 41.4. The predicted octanol–water partition coefficient (Wildman–Crippen LogP) is 12.9. The zero-order valence-electron chi connectivity index (χ0n) is 69.0. The zero-order chi connectivity index (χ0) is 85.8. The summed E-state index contributed by atoms with van der Waals surface area (Å²) in [5.41, 5.74) is 9.94. The standard InChI is InChI=1S/C24H26N6S2.C23H30N6S2.2C19H23N7S2.4Cu/c1-3-25-23(31)29-27-21(18-12-6-5-7-13-18)22(28-30-24(32)26-4-2)20-16-10-14-17-11-8-9-15-19(17)20;1-5-28(4)22(30)26-24-20(18-14-10-8-11-15-18)21(19-16-12-9-13-17-19)25-27-23(31)29(6-2)7-3;1-3-9-15(27)23-24-16(14-10-6-5-7-11-14)17(18-21-12-8-13-22-18)25-26-19(28)20-4-2;1-3-21-18(27)25-23-16(14-8-6-5-7-9-14)17(15-10-12-20-13-11-15)24-26-19(28)22-4-2;;;;/h5-16H,3-4H2,1-2H3,(H2,25,29,31)(H2,26,30,32);8-17H,5-7H2,1-4H3,(H,26,30)(H,27,31);5-8,10-13H,3-4,9H2,1-2H3,(H,23,27)(H2,20,26,28);5-13H,3-4H2,1-2H3,(H2,21,25,27)(H2,22,26,28);;;;/q;;;;4*+2/p-8. The van der Waals surface area contributed by atoms with E-state index in [0.29, 0.717) is 127 Å². The Hall–Kier alpha value is -9.81. The van der Waals surface area contributed by atoms with Crippen molar-refractivity contribution in [3.8, 4) is 0 Å². The van der Waals surface area contributed by atoms with Crippen molar-refractivity contribution in [2.75, 3.05) is 59.4 Å². The van der Waals surface area contributed by atoms with Crippen LogP contribution >= 0.6 is 0 Å². The first-order valence-electron chi connectivity index (χ1n) is 38.2. The van der Waals surface area contributed by atoms with Gasteiger partial charge in [0.15, 0.2) is 11.5 Å². The number of benzene rings is 7. The minimum absolute atomic E-state index is 0. The van der Waals surface area contributed by atoms with Gasteiger partial charge in [-0.3, -0.25) is 4.98 Å². The van der Waals surface area contributed by atoms with Crippen LogP contribution in [-0.4, -0.2) is 171 Å². The van der Waals surface area contributed by atoms with Gasteiger partial charge < -0.3 is 137 Å². The topological polar surface area (TPSA) is 303 Å². The van der Waals surface area contributed by atoms with Gasteiger partial charge in [-0.1, -0.05) is 213 Å². The van der Waals surface area contributed by atoms with Gasteiger partial charge in [0.1, 0.15) is 40.0 Å². The summed E-state index contributed by atoms with van der Waals surface area (Å²) in [5, 5.41) is 88.9. The Morgan fingerprint density at radius 2 is 0.593 bits per heavy atom. The molecular formula is C85H94Cu4N26S8. The molecule has 0 aliphatic rings. The van der Waals surface area contributed by atoms with E-state index in [9.17, 15) is 0 Å². The monoisotopic (exact) mass is 1990 g/mol. The van der Waals surface area contributed by atoms with Crippen molar-refractivity contribution in [3.63, 3.8) is 0 Å². The van der Waals surface area contributed by atoms with Crippen molar-refractivity contribution < 1.29 is 68.3 Å². The second kappa shape index (κ2) is 64.0. The Labute approximate surface area is 808 Å². The molecule has 0 fully saturated rings. The summed E-state index contributed by atoms with van der Waals surface area (Å²) in [5.74, 6) is 0.366. The van der Waals surface area contributed by atoms with Gasteiger partial charge in [0.05, 0.1) is 0 Å². The molecule has 2 heterocycles. The molecule has 2 aromatic heterocycles. The van der Waals surface area contributed by atoms with Crippen LogP contribution in [-0.2, 0) is 169 Å². The first-order chi connectivity index (χ1) is 57.9. The van der Waals surface area contributed by atoms with Crippen molar-refractivity contribution in [1.82, 2.24) is 51.3 Å². The van der Waals surface area contributed by atoms with E-state index in [-0.39, 0.29) is 73.4 Å². The Kier molecular flexibility index (Phi) is 56.9. The fraction of sp³-hybridized carbons (Fsp3) is 0.235. The van der Waals surface area contributed by atoms with E-state index in [1.807, 2.05) is 273 Å². The molecule has 0 saturated carbocycles. The molecule has 0 aliphatic heterocycles. The Bertz CT molecular complexity index is 4830. The molecule has 0 amide bonds. The molecule has 9 rings (SSSR count). The van der Waals surface area contributed by atoms with E-state index in [4.69, 9.17) is 101 Å². The summed E-state index contributed by atoms with van der Waals surface area (Å²) >= 11 is 42.2. The minimum atomic E-state index is 0. The number of nitrogens with zero attached hydrogens (tertiary/aromatic N) is 21. The Morgan fingerprint density at radius 1 is 0.293 bits per heavy atom. The normalized spacial score (nSPS) is 12.9. The molecule has 0 bridgehead atoms. The second-order valence-corrected chi connectivity index (χ2v) is 27.3. The van der Waals surface area contributed by atoms with Crippen LogP contribution in [0.25, 0.3) is 10.8 Å². The third-order valence-corrected chi connectivity index (χ3v) is 17.9. The average molecular weight is 1990 g/mol. The summed E-state index contributed by atoms with van der Waals surface area (Å²) in [6, 6.07) is 67.9. The number of hydrogen-bond donors (Lipinski definition) is 5. The number of amidine groups is 7. The van der Waals surface area contributed by atoms with E-state index in [2.05, 4.69) is 135 Å². The number of aromatic nitrogens is 3. The van der Waals surface area contributed by atoms with Crippen LogP contribution in [0, 0.1) is 0 Å². The van der Waals surface area contributed by atoms with E-state index in [1.54, 1.807) is 30.9 Å². The van der Waals surface area contributed by atoms with Crippen LogP contribution in [0.2, 0.25) is 0 Å². The maximum absolute atomic E-state index is 5.46. The molecule has 7 aromatic carbocycles. The van der Waals surface area contributed by atoms with Crippen LogP contribution in [0.5, 0.6) is 0 Å². The van der Waals surface area contributed by atoms with Crippen molar-refractivity contribution in [3.05, 3.63) is 282 Å². The van der Waals surface area contributed by atoms with Gasteiger partial charge in [-0.15, -0.1) is 40.8 Å². The van der Waals surface area contributed by atoms with Gasteiger partial charge in [-0.2, -0.15) is 40.8 Å². The largest absolute Gasteiger partial charge is 2.00 e. The summed E-state index contributed by atoms with van der Waals surface area (Å²) in [6.07, 6.45) is 8.19. The Balaban J connectivity index is 0.000000551. The predicted molar refractivity (Wildman–Crippen MR) is 518 cm³/mol. The van der Waals surface area contributed by atoms with E-state index in [1.165, 1.54) is 0 Å². The minimum Gasteiger partial charge on any atom is -0.763 e. The quantitative estimate of drug-likeness (QED) is 0.00918. The maximum atomic E-state index is 5.46. The molecule has 26 nitrogen and oxygen atoms in total. The molecule has 38 heteroatoms. The van der Waals surface area contributed by atoms with Crippen molar-refractivity contribution in [1.29, 1.82) is 0 Å². The Morgan fingerprint density at radius 3 is 0.951 bits per heavy atom. The van der Waals surface area contributed by atoms with Crippen molar-refractivity contribution in [2.24, 2.45) is 81.6 Å². The number of fused-ring (bicyclic) bond motifs is 1. The zero-order valence-corrected chi connectivity index (χ0v) is 79.2. The third-order valence-electron chi connectivity index (χ3n) is 15.8. The summed E-state index contributed by atoms with van der Waals surface area (Å²) < 4.78 is 0. The van der Waals surface area contributed by atoms with Crippen LogP contribution in [0.15, 0.2) is 319 Å². The fourth-order valence-corrected chi connectivity index (χ4v) is 11.6. The van der Waals surface area contributed by atoms with Crippen LogP contribution in [0.1, 0.15) is 120 Å². The van der Waals surface area contributed by atoms with E-state index in [0.717, 1.165) is 75.8 Å². The number of rotatable bonds is 30. The van der Waals surface area contributed by atoms with Crippen LogP contribution in [0.4, 0.5) is 0 Å². The fourth-order valence-electron chi connectivity index (χ4n) is 9.95. The van der Waals surface area contributed by atoms with E-state index >= 15 is 0 Å². The van der Waals surface area contributed by atoms with Crippen LogP contribution in [0.3, 0.4) is 0 Å². The molecule has 5 N–H and O–H groups in total.